The zero-order chi connectivity index (χ0) is 8.27. The van der Waals surface area contributed by atoms with E-state index in [1.54, 1.807) is 6.07 Å². The lowest BCUT2D eigenvalue weighted by atomic mass is 10.1. The van der Waals surface area contributed by atoms with E-state index in [0.29, 0.717) is 18.7 Å². The first-order chi connectivity index (χ1) is 5.25. The standard InChI is InChI=1S/C8H12FNO/c1-6-3-5-11-8(6)7(9)2-4-10/h3,5,7H,2,4,10H2,1H3. The van der Waals surface area contributed by atoms with Gasteiger partial charge in [0.25, 0.3) is 0 Å². The van der Waals surface area contributed by atoms with Crippen LogP contribution in [0.25, 0.3) is 0 Å². The smallest absolute Gasteiger partial charge is 0.159 e. The van der Waals surface area contributed by atoms with Crippen molar-refractivity contribution in [2.75, 3.05) is 6.54 Å². The van der Waals surface area contributed by atoms with Crippen LogP contribution in [0.4, 0.5) is 4.39 Å². The van der Waals surface area contributed by atoms with E-state index in [4.69, 9.17) is 10.2 Å². The Morgan fingerprint density at radius 1 is 1.73 bits per heavy atom. The number of rotatable bonds is 3. The van der Waals surface area contributed by atoms with Crippen LogP contribution in [-0.4, -0.2) is 6.54 Å². The molecule has 1 aromatic heterocycles. The molecule has 0 amide bonds. The Labute approximate surface area is 65.2 Å². The second-order valence-electron chi connectivity index (χ2n) is 2.51. The summed E-state index contributed by atoms with van der Waals surface area (Å²) in [7, 11) is 0. The Balaban J connectivity index is 2.67. The molecule has 1 rings (SSSR count). The average molecular weight is 157 g/mol. The molecule has 2 N–H and O–H groups in total. The topological polar surface area (TPSA) is 39.2 Å². The van der Waals surface area contributed by atoms with Crippen molar-refractivity contribution in [3.05, 3.63) is 23.7 Å². The summed E-state index contributed by atoms with van der Waals surface area (Å²) in [6.45, 7) is 2.17. The van der Waals surface area contributed by atoms with Crippen LogP contribution in [0.2, 0.25) is 0 Å². The summed E-state index contributed by atoms with van der Waals surface area (Å²) >= 11 is 0. The fourth-order valence-corrected chi connectivity index (χ4v) is 0.983. The summed E-state index contributed by atoms with van der Waals surface area (Å²) in [6.07, 6.45) is 0.775. The minimum atomic E-state index is -1.05. The number of furan rings is 1. The lowest BCUT2D eigenvalue weighted by molar-refractivity contribution is 0.273. The number of halogens is 1. The van der Waals surface area contributed by atoms with Crippen molar-refractivity contribution in [3.63, 3.8) is 0 Å². The van der Waals surface area contributed by atoms with Crippen LogP contribution in [0.5, 0.6) is 0 Å². The number of nitrogens with two attached hydrogens (primary N) is 1. The molecule has 0 saturated heterocycles. The maximum Gasteiger partial charge on any atom is 0.159 e. The monoisotopic (exact) mass is 157 g/mol. The van der Waals surface area contributed by atoms with E-state index in [1.165, 1.54) is 6.26 Å². The summed E-state index contributed by atoms with van der Waals surface area (Å²) in [4.78, 5) is 0. The quantitative estimate of drug-likeness (QED) is 0.728. The first-order valence-electron chi connectivity index (χ1n) is 3.64. The third kappa shape index (κ3) is 1.80. The lowest BCUT2D eigenvalue weighted by Crippen LogP contribution is -2.03. The van der Waals surface area contributed by atoms with Gasteiger partial charge in [-0.25, -0.2) is 4.39 Å². The number of hydrogen-bond acceptors (Lipinski definition) is 2. The van der Waals surface area contributed by atoms with E-state index in [0.717, 1.165) is 5.56 Å². The van der Waals surface area contributed by atoms with Gasteiger partial charge in [-0.1, -0.05) is 0 Å². The molecule has 3 heteroatoms. The predicted octanol–water partition coefficient (Wildman–Crippen LogP) is 1.95. The van der Waals surface area contributed by atoms with Crippen LogP contribution < -0.4 is 5.73 Å². The van der Waals surface area contributed by atoms with Crippen LogP contribution in [-0.2, 0) is 0 Å². The summed E-state index contributed by atoms with van der Waals surface area (Å²) in [5.74, 6) is 0.412. The maximum absolute atomic E-state index is 13.1. The van der Waals surface area contributed by atoms with Crippen molar-refractivity contribution >= 4 is 0 Å². The SMILES string of the molecule is Cc1ccoc1C(F)CCN. The molecule has 1 unspecified atom stereocenters. The summed E-state index contributed by atoms with van der Waals surface area (Å²) in [5, 5.41) is 0. The minimum absolute atomic E-state index is 0.328. The highest BCUT2D eigenvalue weighted by atomic mass is 19.1. The van der Waals surface area contributed by atoms with Gasteiger partial charge in [-0.05, 0) is 31.5 Å². The second kappa shape index (κ2) is 3.53. The van der Waals surface area contributed by atoms with Gasteiger partial charge >= 0.3 is 0 Å². The van der Waals surface area contributed by atoms with Crippen molar-refractivity contribution in [2.45, 2.75) is 19.5 Å². The molecule has 1 heterocycles. The minimum Gasteiger partial charge on any atom is -0.466 e. The molecule has 0 bridgehead atoms. The largest absolute Gasteiger partial charge is 0.466 e. The first kappa shape index (κ1) is 8.27. The van der Waals surface area contributed by atoms with Crippen LogP contribution in [0, 0.1) is 6.92 Å². The molecule has 0 spiro atoms. The van der Waals surface area contributed by atoms with Crippen molar-refractivity contribution in [2.24, 2.45) is 5.73 Å². The fourth-order valence-electron chi connectivity index (χ4n) is 0.983. The molecule has 62 valence electrons. The lowest BCUT2D eigenvalue weighted by Gasteiger charge is -2.03. The van der Waals surface area contributed by atoms with Gasteiger partial charge in [0, 0.05) is 0 Å². The molecular weight excluding hydrogens is 145 g/mol. The van der Waals surface area contributed by atoms with Crippen molar-refractivity contribution in [3.8, 4) is 0 Å². The van der Waals surface area contributed by atoms with Gasteiger partial charge in [0.1, 0.15) is 5.76 Å². The third-order valence-electron chi connectivity index (χ3n) is 1.61. The fraction of sp³-hybridized carbons (Fsp3) is 0.500. The molecule has 1 aromatic rings. The Morgan fingerprint density at radius 3 is 2.91 bits per heavy atom. The van der Waals surface area contributed by atoms with Crippen LogP contribution in [0.15, 0.2) is 16.7 Å². The highest BCUT2D eigenvalue weighted by molar-refractivity contribution is 5.16. The van der Waals surface area contributed by atoms with Gasteiger partial charge in [0.05, 0.1) is 6.26 Å². The van der Waals surface area contributed by atoms with Gasteiger partial charge in [0.2, 0.25) is 0 Å². The molecule has 2 nitrogen and oxygen atoms in total. The van der Waals surface area contributed by atoms with E-state index < -0.39 is 6.17 Å². The molecule has 0 aliphatic rings. The highest BCUT2D eigenvalue weighted by Gasteiger charge is 2.14. The maximum atomic E-state index is 13.1. The molecule has 0 radical (unpaired) electrons. The molecule has 11 heavy (non-hydrogen) atoms. The van der Waals surface area contributed by atoms with Gasteiger partial charge in [0.15, 0.2) is 6.17 Å². The van der Waals surface area contributed by atoms with Gasteiger partial charge < -0.3 is 10.2 Å². The van der Waals surface area contributed by atoms with E-state index >= 15 is 0 Å². The number of aryl methyl sites for hydroxylation is 1. The molecular formula is C8H12FNO. The zero-order valence-corrected chi connectivity index (χ0v) is 6.51. The predicted molar refractivity (Wildman–Crippen MR) is 41.0 cm³/mol. The molecule has 1 atom stereocenters. The Morgan fingerprint density at radius 2 is 2.45 bits per heavy atom. The van der Waals surface area contributed by atoms with Gasteiger partial charge in [-0.15, -0.1) is 0 Å². The summed E-state index contributed by atoms with van der Waals surface area (Å²) < 4.78 is 18.0. The number of hydrogen-bond donors (Lipinski definition) is 1. The zero-order valence-electron chi connectivity index (χ0n) is 6.51. The van der Waals surface area contributed by atoms with E-state index in [2.05, 4.69) is 0 Å². The molecule has 0 fully saturated rings. The van der Waals surface area contributed by atoms with Gasteiger partial charge in [-0.3, -0.25) is 0 Å². The highest BCUT2D eigenvalue weighted by Crippen LogP contribution is 2.24. The molecule has 0 saturated carbocycles. The average Bonchev–Trinajstić information content (AvgIpc) is 2.36. The molecule has 0 aliphatic carbocycles. The second-order valence-corrected chi connectivity index (χ2v) is 2.51. The van der Waals surface area contributed by atoms with Crippen molar-refractivity contribution in [1.29, 1.82) is 0 Å². The Hall–Kier alpha value is -0.830. The van der Waals surface area contributed by atoms with Gasteiger partial charge in [-0.2, -0.15) is 0 Å². The van der Waals surface area contributed by atoms with Crippen LogP contribution in [0.3, 0.4) is 0 Å². The van der Waals surface area contributed by atoms with E-state index in [1.807, 2.05) is 6.92 Å². The van der Waals surface area contributed by atoms with Crippen molar-refractivity contribution < 1.29 is 8.81 Å². The Bertz CT molecular complexity index is 222. The first-order valence-corrected chi connectivity index (χ1v) is 3.64. The molecule has 0 aliphatic heterocycles. The third-order valence-corrected chi connectivity index (χ3v) is 1.61. The normalized spacial score (nSPS) is 13.4. The van der Waals surface area contributed by atoms with Crippen LogP contribution >= 0.6 is 0 Å². The number of alkyl halides is 1. The Kier molecular flexibility index (Phi) is 2.65. The van der Waals surface area contributed by atoms with Crippen molar-refractivity contribution in [1.82, 2.24) is 0 Å². The van der Waals surface area contributed by atoms with E-state index in [-0.39, 0.29) is 0 Å². The summed E-state index contributed by atoms with van der Waals surface area (Å²) in [6, 6.07) is 1.75. The molecule has 0 aromatic carbocycles. The summed E-state index contributed by atoms with van der Waals surface area (Å²) in [5.41, 5.74) is 6.06. The van der Waals surface area contributed by atoms with E-state index in [9.17, 15) is 4.39 Å². The van der Waals surface area contributed by atoms with Crippen LogP contribution in [0.1, 0.15) is 23.9 Å².